The lowest BCUT2D eigenvalue weighted by Crippen LogP contribution is -2.45. The van der Waals surface area contributed by atoms with Crippen molar-refractivity contribution in [2.24, 2.45) is 5.73 Å². The fraction of sp³-hybridized carbons (Fsp3) is 0.417. The van der Waals surface area contributed by atoms with E-state index in [1.807, 2.05) is 0 Å². The molecule has 2 unspecified atom stereocenters. The normalized spacial score (nSPS) is 13.8. The Bertz CT molecular complexity index is 397. The van der Waals surface area contributed by atoms with Crippen LogP contribution in [0.2, 0.25) is 0 Å². The van der Waals surface area contributed by atoms with Crippen LogP contribution in [0.15, 0.2) is 24.3 Å². The molecule has 100 valence electrons. The number of hydrogen-bond acceptors (Lipinski definition) is 5. The van der Waals surface area contributed by atoms with E-state index in [1.165, 1.54) is 7.11 Å². The molecule has 0 radical (unpaired) electrons. The number of hydrogen-bond donors (Lipinski definition) is 4. The van der Waals surface area contributed by atoms with Crippen molar-refractivity contribution in [1.29, 1.82) is 0 Å². The molecule has 18 heavy (non-hydrogen) atoms. The molecule has 1 aromatic carbocycles. The smallest absolute Gasteiger partial charge is 0.239 e. The van der Waals surface area contributed by atoms with Gasteiger partial charge in [0.05, 0.1) is 26.4 Å². The van der Waals surface area contributed by atoms with Crippen molar-refractivity contribution in [3.63, 3.8) is 0 Å². The molecule has 0 spiro atoms. The van der Waals surface area contributed by atoms with E-state index >= 15 is 0 Å². The molecule has 0 fully saturated rings. The summed E-state index contributed by atoms with van der Waals surface area (Å²) in [6.45, 7) is -0.709. The Labute approximate surface area is 105 Å². The minimum atomic E-state index is -0.996. The summed E-state index contributed by atoms with van der Waals surface area (Å²) >= 11 is 0. The van der Waals surface area contributed by atoms with Gasteiger partial charge in [0.1, 0.15) is 11.8 Å². The van der Waals surface area contributed by atoms with Crippen LogP contribution in [0.25, 0.3) is 0 Å². The van der Waals surface area contributed by atoms with Crippen LogP contribution in [-0.4, -0.2) is 42.5 Å². The van der Waals surface area contributed by atoms with Crippen LogP contribution in [0, 0.1) is 0 Å². The summed E-state index contributed by atoms with van der Waals surface area (Å²) in [4.78, 5) is 11.5. The van der Waals surface area contributed by atoms with Gasteiger partial charge >= 0.3 is 0 Å². The van der Waals surface area contributed by atoms with Crippen molar-refractivity contribution in [2.75, 3.05) is 20.3 Å². The SMILES string of the molecule is COc1cccc(C(CO)NC(=O)C(N)CO)c1. The van der Waals surface area contributed by atoms with Crippen LogP contribution in [0.5, 0.6) is 5.75 Å². The Morgan fingerprint density at radius 2 is 2.17 bits per heavy atom. The van der Waals surface area contributed by atoms with E-state index in [-0.39, 0.29) is 6.61 Å². The lowest BCUT2D eigenvalue weighted by atomic mass is 10.1. The lowest BCUT2D eigenvalue weighted by molar-refractivity contribution is -0.124. The van der Waals surface area contributed by atoms with Gasteiger partial charge in [0.2, 0.25) is 5.91 Å². The summed E-state index contributed by atoms with van der Waals surface area (Å²) < 4.78 is 5.06. The summed E-state index contributed by atoms with van der Waals surface area (Å²) in [6.07, 6.45) is 0. The van der Waals surface area contributed by atoms with Crippen molar-refractivity contribution in [1.82, 2.24) is 5.32 Å². The minimum absolute atomic E-state index is 0.267. The molecule has 1 rings (SSSR count). The van der Waals surface area contributed by atoms with E-state index in [1.54, 1.807) is 24.3 Å². The molecular formula is C12H18N2O4. The first-order valence-electron chi connectivity index (χ1n) is 5.54. The third-order valence-corrected chi connectivity index (χ3v) is 2.53. The highest BCUT2D eigenvalue weighted by atomic mass is 16.5. The quantitative estimate of drug-likeness (QED) is 0.530. The summed E-state index contributed by atoms with van der Waals surface area (Å²) in [6, 6.07) is 5.42. The average molecular weight is 254 g/mol. The number of amides is 1. The van der Waals surface area contributed by atoms with Gasteiger partial charge in [0.25, 0.3) is 0 Å². The fourth-order valence-electron chi connectivity index (χ4n) is 1.45. The largest absolute Gasteiger partial charge is 0.497 e. The van der Waals surface area contributed by atoms with Gasteiger partial charge in [-0.3, -0.25) is 4.79 Å². The lowest BCUT2D eigenvalue weighted by Gasteiger charge is -2.19. The van der Waals surface area contributed by atoms with Gasteiger partial charge in [-0.1, -0.05) is 12.1 Å². The predicted molar refractivity (Wildman–Crippen MR) is 66.0 cm³/mol. The summed E-state index contributed by atoms with van der Waals surface area (Å²) in [5.41, 5.74) is 6.09. The molecule has 0 aliphatic heterocycles. The molecule has 6 heteroatoms. The van der Waals surface area contributed by atoms with Crippen LogP contribution in [0.4, 0.5) is 0 Å². The van der Waals surface area contributed by atoms with Crippen LogP contribution in [0.3, 0.4) is 0 Å². The van der Waals surface area contributed by atoms with Crippen molar-refractivity contribution < 1.29 is 19.7 Å². The number of carbonyl (C=O) groups excluding carboxylic acids is 1. The predicted octanol–water partition coefficient (Wildman–Crippen LogP) is -0.836. The summed E-state index contributed by atoms with van der Waals surface area (Å²) in [7, 11) is 1.54. The summed E-state index contributed by atoms with van der Waals surface area (Å²) in [5, 5.41) is 20.6. The standard InChI is InChI=1S/C12H18N2O4/c1-18-9-4-2-3-8(5-9)11(7-16)14-12(17)10(13)6-15/h2-5,10-11,15-16H,6-7,13H2,1H3,(H,14,17). The first-order valence-corrected chi connectivity index (χ1v) is 5.54. The van der Waals surface area contributed by atoms with E-state index in [2.05, 4.69) is 5.32 Å². The third-order valence-electron chi connectivity index (χ3n) is 2.53. The maximum Gasteiger partial charge on any atom is 0.239 e. The second-order valence-corrected chi connectivity index (χ2v) is 3.81. The zero-order valence-electron chi connectivity index (χ0n) is 10.2. The molecule has 0 aromatic heterocycles. The van der Waals surface area contributed by atoms with Gasteiger partial charge in [0, 0.05) is 0 Å². The van der Waals surface area contributed by atoms with Crippen LogP contribution >= 0.6 is 0 Å². The zero-order chi connectivity index (χ0) is 13.5. The van der Waals surface area contributed by atoms with E-state index in [4.69, 9.17) is 15.6 Å². The first-order chi connectivity index (χ1) is 8.62. The number of nitrogens with two attached hydrogens (primary N) is 1. The average Bonchev–Trinajstić information content (AvgIpc) is 2.43. The van der Waals surface area contributed by atoms with E-state index in [0.717, 1.165) is 0 Å². The number of benzene rings is 1. The number of rotatable bonds is 6. The minimum Gasteiger partial charge on any atom is -0.497 e. The van der Waals surface area contributed by atoms with Crippen LogP contribution in [-0.2, 0) is 4.79 Å². The molecule has 2 atom stereocenters. The van der Waals surface area contributed by atoms with E-state index in [9.17, 15) is 9.90 Å². The molecule has 1 amide bonds. The number of ether oxygens (including phenoxy) is 1. The maximum atomic E-state index is 11.5. The Balaban J connectivity index is 2.79. The fourth-order valence-corrected chi connectivity index (χ4v) is 1.45. The third kappa shape index (κ3) is 3.69. The highest BCUT2D eigenvalue weighted by Gasteiger charge is 2.18. The topological polar surface area (TPSA) is 105 Å². The van der Waals surface area contributed by atoms with Gasteiger partial charge in [-0.05, 0) is 17.7 Å². The Morgan fingerprint density at radius 3 is 2.72 bits per heavy atom. The molecule has 5 N–H and O–H groups in total. The number of aliphatic hydroxyl groups excluding tert-OH is 2. The molecule has 0 bridgehead atoms. The van der Waals surface area contributed by atoms with E-state index < -0.39 is 24.6 Å². The van der Waals surface area contributed by atoms with Gasteiger partial charge < -0.3 is 26.0 Å². The number of methoxy groups -OCH3 is 1. The van der Waals surface area contributed by atoms with Crippen molar-refractivity contribution in [2.45, 2.75) is 12.1 Å². The summed E-state index contributed by atoms with van der Waals surface area (Å²) in [5.74, 6) is 0.117. The molecular weight excluding hydrogens is 236 g/mol. The van der Waals surface area contributed by atoms with Crippen molar-refractivity contribution in [3.05, 3.63) is 29.8 Å². The number of nitrogens with one attached hydrogen (secondary N) is 1. The maximum absolute atomic E-state index is 11.5. The Hall–Kier alpha value is -1.63. The molecule has 1 aromatic rings. The Morgan fingerprint density at radius 1 is 1.44 bits per heavy atom. The van der Waals surface area contributed by atoms with Crippen molar-refractivity contribution in [3.8, 4) is 5.75 Å². The van der Waals surface area contributed by atoms with Crippen molar-refractivity contribution >= 4 is 5.91 Å². The molecule has 0 saturated heterocycles. The second-order valence-electron chi connectivity index (χ2n) is 3.81. The monoisotopic (exact) mass is 254 g/mol. The highest BCUT2D eigenvalue weighted by Crippen LogP contribution is 2.18. The molecule has 6 nitrogen and oxygen atoms in total. The van der Waals surface area contributed by atoms with Crippen LogP contribution in [0.1, 0.15) is 11.6 Å². The van der Waals surface area contributed by atoms with Gasteiger partial charge in [-0.15, -0.1) is 0 Å². The Kier molecular flexibility index (Phi) is 5.57. The molecule has 0 saturated carbocycles. The second kappa shape index (κ2) is 6.95. The molecule has 0 aliphatic carbocycles. The highest BCUT2D eigenvalue weighted by molar-refractivity contribution is 5.82. The zero-order valence-corrected chi connectivity index (χ0v) is 10.2. The number of aliphatic hydroxyl groups is 2. The van der Waals surface area contributed by atoms with Gasteiger partial charge in [-0.25, -0.2) is 0 Å². The van der Waals surface area contributed by atoms with E-state index in [0.29, 0.717) is 11.3 Å². The van der Waals surface area contributed by atoms with Gasteiger partial charge in [0.15, 0.2) is 0 Å². The van der Waals surface area contributed by atoms with Gasteiger partial charge in [-0.2, -0.15) is 0 Å². The molecule has 0 aliphatic rings. The number of carbonyl (C=O) groups is 1. The first kappa shape index (κ1) is 14.4. The van der Waals surface area contributed by atoms with Crippen LogP contribution < -0.4 is 15.8 Å². The molecule has 0 heterocycles.